The smallest absolute Gasteiger partial charge is 0.396 e. The van der Waals surface area contributed by atoms with E-state index in [0.29, 0.717) is 22.6 Å². The van der Waals surface area contributed by atoms with E-state index in [1.54, 1.807) is 48.5 Å². The van der Waals surface area contributed by atoms with Crippen molar-refractivity contribution in [2.45, 2.75) is 37.0 Å². The van der Waals surface area contributed by atoms with E-state index in [1.165, 1.54) is 62.8 Å². The molecule has 12 heteroatoms. The van der Waals surface area contributed by atoms with Crippen LogP contribution in [0.3, 0.4) is 0 Å². The maximum absolute atomic E-state index is 14.0. The van der Waals surface area contributed by atoms with E-state index < -0.39 is 49.0 Å². The Balaban J connectivity index is 1.18. The van der Waals surface area contributed by atoms with Crippen molar-refractivity contribution < 1.29 is 54.9 Å². The molecule has 0 unspecified atom stereocenters. The zero-order valence-corrected chi connectivity index (χ0v) is 27.8. The molecular formula is C40H32F6O6. The number of ether oxygens (including phenoxy) is 4. The maximum Gasteiger partial charge on any atom is 0.396 e. The lowest BCUT2D eigenvalue weighted by atomic mass is 9.93. The topological polar surface area (TPSA) is 71.1 Å². The van der Waals surface area contributed by atoms with Crippen molar-refractivity contribution >= 4 is 11.9 Å². The lowest BCUT2D eigenvalue weighted by Gasteiger charge is -2.20. The van der Waals surface area contributed by atoms with Crippen LogP contribution >= 0.6 is 0 Å². The Morgan fingerprint density at radius 1 is 0.442 bits per heavy atom. The Morgan fingerprint density at radius 2 is 0.692 bits per heavy atom. The molecule has 6 nitrogen and oxygen atoms in total. The van der Waals surface area contributed by atoms with Crippen LogP contribution in [0.15, 0.2) is 121 Å². The quantitative estimate of drug-likeness (QED) is 0.0726. The van der Waals surface area contributed by atoms with E-state index in [1.807, 2.05) is 0 Å². The van der Waals surface area contributed by atoms with Crippen molar-refractivity contribution in [2.24, 2.45) is 0 Å². The van der Waals surface area contributed by atoms with Gasteiger partial charge >= 0.3 is 24.3 Å². The molecule has 52 heavy (non-hydrogen) atoms. The van der Waals surface area contributed by atoms with E-state index >= 15 is 0 Å². The number of hydrogen-bond acceptors (Lipinski definition) is 6. The van der Waals surface area contributed by atoms with E-state index in [2.05, 4.69) is 0 Å². The van der Waals surface area contributed by atoms with Crippen LogP contribution in [0.25, 0.3) is 22.3 Å². The zero-order valence-electron chi connectivity index (χ0n) is 27.8. The lowest BCUT2D eigenvalue weighted by Crippen LogP contribution is -2.25. The summed E-state index contributed by atoms with van der Waals surface area (Å²) in [5.74, 6) is -5.67. The van der Waals surface area contributed by atoms with Gasteiger partial charge in [-0.1, -0.05) is 72.8 Å². The Morgan fingerprint density at radius 3 is 0.942 bits per heavy atom. The molecule has 5 rings (SSSR count). The lowest BCUT2D eigenvalue weighted by molar-refractivity contribution is -0.162. The molecule has 0 fully saturated rings. The van der Waals surface area contributed by atoms with Gasteiger partial charge in [-0.2, -0.15) is 26.3 Å². The molecule has 270 valence electrons. The molecule has 0 radical (unpaired) electrons. The first kappa shape index (κ1) is 37.5. The van der Waals surface area contributed by atoms with Gasteiger partial charge in [0.1, 0.15) is 23.0 Å². The van der Waals surface area contributed by atoms with Gasteiger partial charge in [0.25, 0.3) is 0 Å². The van der Waals surface area contributed by atoms with Crippen LogP contribution in [-0.2, 0) is 9.59 Å². The summed E-state index contributed by atoms with van der Waals surface area (Å²) in [6.07, 6.45) is -11.5. The van der Waals surface area contributed by atoms with Crippen LogP contribution in [0.2, 0.25) is 0 Å². The fraction of sp³-hybridized carbons (Fsp3) is 0.200. The molecule has 0 saturated heterocycles. The first-order valence-electron chi connectivity index (χ1n) is 15.9. The van der Waals surface area contributed by atoms with E-state index in [4.69, 9.17) is 18.9 Å². The number of carbonyl (C=O) groups excluding carboxylic acids is 2. The first-order chi connectivity index (χ1) is 24.7. The molecule has 0 aliphatic heterocycles. The predicted octanol–water partition coefficient (Wildman–Crippen LogP) is 10.3. The minimum atomic E-state index is -4.76. The van der Waals surface area contributed by atoms with Crippen LogP contribution in [0.4, 0.5) is 26.3 Å². The van der Waals surface area contributed by atoms with Crippen LogP contribution in [0.5, 0.6) is 23.0 Å². The Kier molecular flexibility index (Phi) is 11.6. The molecule has 0 aliphatic rings. The van der Waals surface area contributed by atoms with Gasteiger partial charge < -0.3 is 18.9 Å². The van der Waals surface area contributed by atoms with Gasteiger partial charge in [0.15, 0.2) is 0 Å². The highest BCUT2D eigenvalue weighted by Crippen LogP contribution is 2.40. The average Bonchev–Trinajstić information content (AvgIpc) is 3.13. The number of methoxy groups -OCH3 is 2. The normalized spacial score (nSPS) is 12.8. The highest BCUT2D eigenvalue weighted by Gasteiger charge is 2.43. The molecule has 0 spiro atoms. The summed E-state index contributed by atoms with van der Waals surface area (Å²) in [5.41, 5.74) is 2.61. The third-order valence-electron chi connectivity index (χ3n) is 8.29. The molecule has 5 aromatic rings. The molecule has 2 atom stereocenters. The van der Waals surface area contributed by atoms with Crippen LogP contribution in [-0.4, -0.2) is 38.5 Å². The number of halogens is 6. The van der Waals surface area contributed by atoms with Crippen LogP contribution in [0, 0.1) is 0 Å². The van der Waals surface area contributed by atoms with Crippen molar-refractivity contribution in [1.29, 1.82) is 0 Å². The SMILES string of the molecule is COc1ccc(-c2ccc([C@@H](CC(=O)Oc3ccc(OC(=O)C[C@H](c4ccc(-c5ccc(OC)cc5)cc4)C(F)(F)F)cc3)C(F)(F)F)cc2)cc1. The van der Waals surface area contributed by atoms with Crippen LogP contribution < -0.4 is 18.9 Å². The third-order valence-corrected chi connectivity index (χ3v) is 8.29. The molecule has 0 amide bonds. The minimum absolute atomic E-state index is 0.130. The van der Waals surface area contributed by atoms with Crippen LogP contribution in [0.1, 0.15) is 35.8 Å². The van der Waals surface area contributed by atoms with E-state index in [-0.39, 0.29) is 22.6 Å². The van der Waals surface area contributed by atoms with Gasteiger partial charge in [0, 0.05) is 0 Å². The van der Waals surface area contributed by atoms with E-state index in [9.17, 15) is 35.9 Å². The summed E-state index contributed by atoms with van der Waals surface area (Å²) in [6.45, 7) is 0. The predicted molar refractivity (Wildman–Crippen MR) is 181 cm³/mol. The molecule has 0 saturated carbocycles. The van der Waals surface area contributed by atoms with Crippen molar-refractivity contribution in [3.8, 4) is 45.3 Å². The summed E-state index contributed by atoms with van der Waals surface area (Å²) >= 11 is 0. The fourth-order valence-electron chi connectivity index (χ4n) is 5.48. The van der Waals surface area contributed by atoms with Crippen molar-refractivity contribution in [3.63, 3.8) is 0 Å². The Bertz CT molecular complexity index is 1790. The number of carbonyl (C=O) groups is 2. The van der Waals surface area contributed by atoms with Gasteiger partial charge in [0.05, 0.1) is 38.9 Å². The second kappa shape index (κ2) is 16.1. The Hall–Kier alpha value is -5.78. The van der Waals surface area contributed by atoms with Gasteiger partial charge in [-0.05, 0) is 81.9 Å². The number of alkyl halides is 6. The van der Waals surface area contributed by atoms with Crippen molar-refractivity contribution in [3.05, 3.63) is 132 Å². The molecule has 0 bridgehead atoms. The highest BCUT2D eigenvalue weighted by molar-refractivity contribution is 5.75. The molecule has 0 N–H and O–H groups in total. The summed E-state index contributed by atoms with van der Waals surface area (Å²) in [7, 11) is 3.04. The summed E-state index contributed by atoms with van der Waals surface area (Å²) in [4.78, 5) is 25.2. The standard InChI is InChI=1S/C40H32F6O6/c1-49-31-15-11-27(12-16-31)25-3-7-29(8-4-25)35(39(41,42)43)23-37(47)51-33-19-21-34(22-20-33)52-38(48)24-36(40(44,45)46)30-9-5-26(6-10-30)28-13-17-32(50-2)18-14-28/h3-22,35-36H,23-24H2,1-2H3/t35-,36-/m1/s1. The molecule has 0 heterocycles. The van der Waals surface area contributed by atoms with Gasteiger partial charge in [-0.25, -0.2) is 0 Å². The summed E-state index contributed by atoms with van der Waals surface area (Å²) < 4.78 is 105. The number of hydrogen-bond donors (Lipinski definition) is 0. The summed E-state index contributed by atoms with van der Waals surface area (Å²) in [6, 6.07) is 29.9. The summed E-state index contributed by atoms with van der Waals surface area (Å²) in [5, 5.41) is 0. The number of benzene rings is 5. The highest BCUT2D eigenvalue weighted by atomic mass is 19.4. The largest absolute Gasteiger partial charge is 0.497 e. The Labute approximate surface area is 295 Å². The third kappa shape index (κ3) is 9.71. The second-order valence-electron chi connectivity index (χ2n) is 11.7. The second-order valence-corrected chi connectivity index (χ2v) is 11.7. The van der Waals surface area contributed by atoms with Gasteiger partial charge in [-0.3, -0.25) is 9.59 Å². The zero-order chi connectivity index (χ0) is 37.5. The monoisotopic (exact) mass is 722 g/mol. The average molecular weight is 723 g/mol. The molecule has 5 aromatic carbocycles. The molecular weight excluding hydrogens is 690 g/mol. The van der Waals surface area contributed by atoms with Gasteiger partial charge in [0.2, 0.25) is 0 Å². The maximum atomic E-state index is 14.0. The van der Waals surface area contributed by atoms with Gasteiger partial charge in [-0.15, -0.1) is 0 Å². The van der Waals surface area contributed by atoms with E-state index in [0.717, 1.165) is 35.4 Å². The first-order valence-corrected chi connectivity index (χ1v) is 15.9. The molecule has 0 aliphatic carbocycles. The van der Waals surface area contributed by atoms with Crippen molar-refractivity contribution in [2.75, 3.05) is 14.2 Å². The molecule has 0 aromatic heterocycles. The number of esters is 2. The number of rotatable bonds is 12. The fourth-order valence-corrected chi connectivity index (χ4v) is 5.48. The van der Waals surface area contributed by atoms with Crippen molar-refractivity contribution in [1.82, 2.24) is 0 Å². The minimum Gasteiger partial charge on any atom is -0.497 e.